The minimum atomic E-state index is -0.519. The Kier molecular flexibility index (Phi) is 7.86. The summed E-state index contributed by atoms with van der Waals surface area (Å²) in [4.78, 5) is 33.0. The molecule has 40 heavy (non-hydrogen) atoms. The number of benzene rings is 2. The Morgan fingerprint density at radius 1 is 1.10 bits per heavy atom. The highest BCUT2D eigenvalue weighted by atomic mass is 32.2. The van der Waals surface area contributed by atoms with Crippen LogP contribution in [0.25, 0.3) is 0 Å². The molecule has 1 aliphatic heterocycles. The molecular weight excluding hydrogens is 518 g/mol. The van der Waals surface area contributed by atoms with E-state index in [0.29, 0.717) is 23.4 Å². The Morgan fingerprint density at radius 3 is 2.60 bits per heavy atom. The fraction of sp³-hybridized carbons (Fsp3) is 0.303. The molecule has 3 aromatic rings. The van der Waals surface area contributed by atoms with Crippen LogP contribution in [-0.4, -0.2) is 23.8 Å². The molecule has 0 fully saturated rings. The van der Waals surface area contributed by atoms with Gasteiger partial charge in [-0.05, 0) is 67.1 Å². The maximum atomic E-state index is 13.8. The fourth-order valence-corrected chi connectivity index (χ4v) is 6.51. The average Bonchev–Trinajstić information content (AvgIpc) is 2.90. The Balaban J connectivity index is 1.55. The quantitative estimate of drug-likeness (QED) is 0.309. The molecule has 0 radical (unpaired) electrons. The molecule has 1 aromatic heterocycles. The summed E-state index contributed by atoms with van der Waals surface area (Å²) in [5.74, 6) is 1.23. The zero-order chi connectivity index (χ0) is 28.4. The predicted octanol–water partition coefficient (Wildman–Crippen LogP) is 6.93. The topological polar surface area (TPSA) is 80.3 Å². The van der Waals surface area contributed by atoms with Crippen LogP contribution in [0.1, 0.15) is 56.2 Å². The van der Waals surface area contributed by atoms with Crippen LogP contribution in [0, 0.1) is 12.3 Å². The number of aryl methyl sites for hydroxylation is 1. The Hall–Kier alpha value is -3.84. The van der Waals surface area contributed by atoms with Crippen molar-refractivity contribution in [2.45, 2.75) is 57.1 Å². The van der Waals surface area contributed by atoms with E-state index in [-0.39, 0.29) is 17.1 Å². The van der Waals surface area contributed by atoms with Gasteiger partial charge >= 0.3 is 0 Å². The second-order valence-corrected chi connectivity index (χ2v) is 12.3. The highest BCUT2D eigenvalue weighted by Gasteiger charge is 2.43. The van der Waals surface area contributed by atoms with Crippen LogP contribution < -0.4 is 15.4 Å². The number of hydrogen-bond acceptors (Lipinski definition) is 6. The molecule has 2 aromatic carbocycles. The molecule has 2 heterocycles. The number of pyridine rings is 1. The van der Waals surface area contributed by atoms with Crippen molar-refractivity contribution in [3.8, 4) is 5.75 Å². The number of anilines is 1. The number of hydrogen-bond donors (Lipinski definition) is 2. The first-order valence-corrected chi connectivity index (χ1v) is 14.5. The zero-order valence-electron chi connectivity index (χ0n) is 23.6. The minimum absolute atomic E-state index is 0.0675. The zero-order valence-corrected chi connectivity index (χ0v) is 24.4. The van der Waals surface area contributed by atoms with Gasteiger partial charge in [-0.3, -0.25) is 9.59 Å². The van der Waals surface area contributed by atoms with Gasteiger partial charge in [-0.2, -0.15) is 0 Å². The first-order valence-electron chi connectivity index (χ1n) is 13.5. The Labute approximate surface area is 240 Å². The van der Waals surface area contributed by atoms with Crippen molar-refractivity contribution < 1.29 is 14.3 Å². The SMILES string of the molecule is COc1cc([C@H]2C(C(=O)Nc3cc(C)ccn3)=C(C)NC3=C2C(=O)CC(C)(C)C3)ccc1CSc1ccccc1. The number of dihydropyridines is 1. The molecule has 1 aliphatic carbocycles. The molecule has 6 nitrogen and oxygen atoms in total. The monoisotopic (exact) mass is 553 g/mol. The lowest BCUT2D eigenvalue weighted by Crippen LogP contribution is -2.39. The van der Waals surface area contributed by atoms with Gasteiger partial charge in [-0.15, -0.1) is 11.8 Å². The van der Waals surface area contributed by atoms with Gasteiger partial charge in [-0.25, -0.2) is 4.98 Å². The third-order valence-electron chi connectivity index (χ3n) is 7.42. The molecule has 0 saturated carbocycles. The number of allylic oxidation sites excluding steroid dienone is 3. The van der Waals surface area contributed by atoms with E-state index < -0.39 is 5.92 Å². The molecule has 7 heteroatoms. The van der Waals surface area contributed by atoms with Crippen LogP contribution in [0.2, 0.25) is 0 Å². The molecule has 0 saturated heterocycles. The minimum Gasteiger partial charge on any atom is -0.496 e. The molecule has 5 rings (SSSR count). The summed E-state index contributed by atoms with van der Waals surface area (Å²) >= 11 is 1.74. The number of thioether (sulfide) groups is 1. The summed E-state index contributed by atoms with van der Waals surface area (Å²) < 4.78 is 5.84. The van der Waals surface area contributed by atoms with Crippen LogP contribution in [0.4, 0.5) is 5.82 Å². The number of amides is 1. The van der Waals surface area contributed by atoms with Crippen LogP contribution in [0.5, 0.6) is 5.75 Å². The lowest BCUT2D eigenvalue weighted by molar-refractivity contribution is -0.118. The van der Waals surface area contributed by atoms with Gasteiger partial charge in [0.1, 0.15) is 11.6 Å². The third-order valence-corrected chi connectivity index (χ3v) is 8.48. The van der Waals surface area contributed by atoms with Crippen LogP contribution in [-0.2, 0) is 15.3 Å². The number of aromatic nitrogens is 1. The lowest BCUT2D eigenvalue weighted by atomic mass is 9.68. The number of nitrogens with one attached hydrogen (secondary N) is 2. The predicted molar refractivity (Wildman–Crippen MR) is 160 cm³/mol. The maximum Gasteiger partial charge on any atom is 0.255 e. The summed E-state index contributed by atoms with van der Waals surface area (Å²) in [7, 11) is 1.66. The van der Waals surface area contributed by atoms with Gasteiger partial charge in [0.05, 0.1) is 7.11 Å². The first kappa shape index (κ1) is 27.7. The number of ether oxygens (including phenoxy) is 1. The molecule has 2 aliphatic rings. The second kappa shape index (κ2) is 11.3. The normalized spacial score (nSPS) is 18.2. The number of carbonyl (C=O) groups excluding carboxylic acids is 2. The second-order valence-electron chi connectivity index (χ2n) is 11.3. The molecule has 206 valence electrons. The van der Waals surface area contributed by atoms with Crippen molar-refractivity contribution in [2.24, 2.45) is 5.41 Å². The van der Waals surface area contributed by atoms with E-state index in [1.165, 1.54) is 4.90 Å². The van der Waals surface area contributed by atoms with Crippen molar-refractivity contribution >= 4 is 29.3 Å². The summed E-state index contributed by atoms with van der Waals surface area (Å²) in [6, 6.07) is 20.0. The fourth-order valence-electron chi connectivity index (χ4n) is 5.60. The average molecular weight is 554 g/mol. The summed E-state index contributed by atoms with van der Waals surface area (Å²) in [6.45, 7) is 8.08. The van der Waals surface area contributed by atoms with Crippen LogP contribution >= 0.6 is 11.8 Å². The van der Waals surface area contributed by atoms with Gasteiger partial charge in [0.25, 0.3) is 5.91 Å². The molecular formula is C33H35N3O3S. The van der Waals surface area contributed by atoms with Crippen molar-refractivity contribution in [3.05, 3.63) is 106 Å². The Bertz CT molecular complexity index is 1520. The van der Waals surface area contributed by atoms with Crippen molar-refractivity contribution in [2.75, 3.05) is 12.4 Å². The van der Waals surface area contributed by atoms with E-state index in [4.69, 9.17) is 4.74 Å². The van der Waals surface area contributed by atoms with E-state index in [1.54, 1.807) is 25.1 Å². The standard InChI is InChI=1S/C33H35N3O3S/c1-20-13-14-34-28(15-20)36-32(38)29-21(2)35-25-17-33(3,4)18-26(37)31(25)30(29)22-11-12-23(27(16-22)39-5)19-40-24-9-7-6-8-10-24/h6-16,30,35H,17-19H2,1-5H3,(H,34,36,38)/t30-/m0/s1. The van der Waals surface area contributed by atoms with Gasteiger partial charge < -0.3 is 15.4 Å². The van der Waals surface area contributed by atoms with Gasteiger partial charge in [0.15, 0.2) is 5.78 Å². The molecule has 0 unspecified atom stereocenters. The van der Waals surface area contributed by atoms with E-state index >= 15 is 0 Å². The summed E-state index contributed by atoms with van der Waals surface area (Å²) in [5, 5.41) is 6.40. The van der Waals surface area contributed by atoms with E-state index in [0.717, 1.165) is 46.0 Å². The van der Waals surface area contributed by atoms with Crippen molar-refractivity contribution in [1.82, 2.24) is 10.3 Å². The first-order chi connectivity index (χ1) is 19.1. The van der Waals surface area contributed by atoms with Crippen LogP contribution in [0.15, 0.2) is 94.3 Å². The number of methoxy groups -OCH3 is 1. The maximum absolute atomic E-state index is 13.8. The smallest absolute Gasteiger partial charge is 0.255 e. The third kappa shape index (κ3) is 5.85. The van der Waals surface area contributed by atoms with Crippen molar-refractivity contribution in [1.29, 1.82) is 0 Å². The van der Waals surface area contributed by atoms with E-state index in [1.807, 2.05) is 56.3 Å². The highest BCUT2D eigenvalue weighted by molar-refractivity contribution is 7.98. The van der Waals surface area contributed by atoms with E-state index in [2.05, 4.69) is 47.7 Å². The summed E-state index contributed by atoms with van der Waals surface area (Å²) in [5.41, 5.74) is 5.57. The Morgan fingerprint density at radius 2 is 1.88 bits per heavy atom. The number of rotatable bonds is 7. The molecule has 1 amide bonds. The highest BCUT2D eigenvalue weighted by Crippen LogP contribution is 2.47. The van der Waals surface area contributed by atoms with E-state index in [9.17, 15) is 9.59 Å². The number of carbonyl (C=O) groups is 2. The van der Waals surface area contributed by atoms with Gasteiger partial charge in [0.2, 0.25) is 0 Å². The largest absolute Gasteiger partial charge is 0.496 e. The van der Waals surface area contributed by atoms with Gasteiger partial charge in [0, 0.05) is 57.3 Å². The number of ketones is 1. The lowest BCUT2D eigenvalue weighted by Gasteiger charge is -2.39. The summed E-state index contributed by atoms with van der Waals surface area (Å²) in [6.07, 6.45) is 2.84. The molecule has 2 N–H and O–H groups in total. The van der Waals surface area contributed by atoms with Crippen molar-refractivity contribution in [3.63, 3.8) is 0 Å². The molecule has 0 bridgehead atoms. The molecule has 1 atom stereocenters. The van der Waals surface area contributed by atoms with Crippen LogP contribution in [0.3, 0.4) is 0 Å². The molecule has 0 spiro atoms. The number of Topliss-reactive ketones (excluding diaryl/α,β-unsaturated/α-hetero) is 1. The van der Waals surface area contributed by atoms with Gasteiger partial charge in [-0.1, -0.05) is 44.2 Å². The number of nitrogens with zero attached hydrogens (tertiary/aromatic N) is 1.